The molecule has 1 aromatic carbocycles. The highest BCUT2D eigenvalue weighted by molar-refractivity contribution is 5.37. The molecule has 0 radical (unpaired) electrons. The van der Waals surface area contributed by atoms with Gasteiger partial charge in [0, 0.05) is 0 Å². The van der Waals surface area contributed by atoms with E-state index in [0.717, 1.165) is 44.0 Å². The molecule has 1 aromatic rings. The molecule has 2 rings (SSSR count). The zero-order valence-electron chi connectivity index (χ0n) is 16.9. The fourth-order valence-electron chi connectivity index (χ4n) is 4.17. The molecule has 0 spiro atoms. The zero-order chi connectivity index (χ0) is 18.7. The van der Waals surface area contributed by atoms with Crippen LogP contribution in [0.2, 0.25) is 0 Å². The van der Waals surface area contributed by atoms with Gasteiger partial charge in [-0.15, -0.1) is 0 Å². The Labute approximate surface area is 161 Å². The number of ether oxygens (including phenoxy) is 1. The summed E-state index contributed by atoms with van der Waals surface area (Å²) in [7, 11) is 0. The molecule has 0 heterocycles. The Bertz CT molecular complexity index is 534. The summed E-state index contributed by atoms with van der Waals surface area (Å²) in [4.78, 5) is 0. The second kappa shape index (κ2) is 11.3. The Morgan fingerprint density at radius 2 is 1.62 bits per heavy atom. The normalized spacial score (nSPS) is 22.7. The first-order valence-corrected chi connectivity index (χ1v) is 10.9. The number of hydrogen-bond donors (Lipinski definition) is 0. The van der Waals surface area contributed by atoms with E-state index < -0.39 is 0 Å². The van der Waals surface area contributed by atoms with Crippen LogP contribution >= 0.6 is 0 Å². The van der Waals surface area contributed by atoms with Gasteiger partial charge in [0.1, 0.15) is 5.75 Å². The zero-order valence-corrected chi connectivity index (χ0v) is 16.9. The van der Waals surface area contributed by atoms with Crippen molar-refractivity contribution >= 4 is 0 Å². The lowest BCUT2D eigenvalue weighted by Crippen LogP contribution is -2.30. The average Bonchev–Trinajstić information content (AvgIpc) is 2.69. The molecule has 1 saturated carbocycles. The standard InChI is InChI=1S/C24H37NO/c1-3-5-7-8-9-10-21-15-17-24(20-25,18-16-21)22-11-13-23(14-12-22)26-19-6-4-2/h11-14,21H,3-10,15-19H2,1-2H3/t21-,24+. The maximum Gasteiger partial charge on any atom is 0.119 e. The van der Waals surface area contributed by atoms with Crippen LogP contribution in [-0.2, 0) is 5.41 Å². The Hall–Kier alpha value is -1.49. The molecule has 0 N–H and O–H groups in total. The van der Waals surface area contributed by atoms with Crippen LogP contribution in [0.4, 0.5) is 0 Å². The lowest BCUT2D eigenvalue weighted by atomic mass is 9.67. The Morgan fingerprint density at radius 3 is 2.23 bits per heavy atom. The predicted molar refractivity (Wildman–Crippen MR) is 109 cm³/mol. The van der Waals surface area contributed by atoms with Gasteiger partial charge >= 0.3 is 0 Å². The number of benzene rings is 1. The summed E-state index contributed by atoms with van der Waals surface area (Å²) in [6, 6.07) is 11.0. The van der Waals surface area contributed by atoms with Gasteiger partial charge in [0.15, 0.2) is 0 Å². The van der Waals surface area contributed by atoms with Gasteiger partial charge in [-0.1, -0.05) is 70.9 Å². The number of nitrogens with zero attached hydrogens (tertiary/aromatic N) is 1. The molecule has 0 aliphatic heterocycles. The highest BCUT2D eigenvalue weighted by Gasteiger charge is 2.36. The summed E-state index contributed by atoms with van der Waals surface area (Å²) in [5.41, 5.74) is 0.907. The molecule has 0 aromatic heterocycles. The average molecular weight is 356 g/mol. The van der Waals surface area contributed by atoms with Gasteiger partial charge in [-0.2, -0.15) is 5.26 Å². The summed E-state index contributed by atoms with van der Waals surface area (Å²) in [6.07, 6.45) is 14.9. The minimum atomic E-state index is -0.277. The first-order valence-electron chi connectivity index (χ1n) is 10.9. The molecule has 0 amide bonds. The van der Waals surface area contributed by atoms with E-state index in [2.05, 4.69) is 32.0 Å². The van der Waals surface area contributed by atoms with Gasteiger partial charge in [0.2, 0.25) is 0 Å². The molecule has 1 fully saturated rings. The smallest absolute Gasteiger partial charge is 0.119 e. The van der Waals surface area contributed by atoms with Gasteiger partial charge in [0.05, 0.1) is 18.1 Å². The van der Waals surface area contributed by atoms with Crippen LogP contribution in [0, 0.1) is 17.2 Å². The molecule has 0 saturated heterocycles. The van der Waals surface area contributed by atoms with Gasteiger partial charge in [-0.3, -0.25) is 0 Å². The number of hydrogen-bond acceptors (Lipinski definition) is 2. The fourth-order valence-corrected chi connectivity index (χ4v) is 4.17. The fraction of sp³-hybridized carbons (Fsp3) is 0.708. The molecule has 0 atom stereocenters. The van der Waals surface area contributed by atoms with Crippen LogP contribution in [0.5, 0.6) is 5.75 Å². The largest absolute Gasteiger partial charge is 0.494 e. The van der Waals surface area contributed by atoms with Crippen molar-refractivity contribution in [3.05, 3.63) is 29.8 Å². The van der Waals surface area contributed by atoms with Gasteiger partial charge in [0.25, 0.3) is 0 Å². The summed E-state index contributed by atoms with van der Waals surface area (Å²) in [6.45, 7) is 5.22. The second-order valence-corrected chi connectivity index (χ2v) is 8.07. The van der Waals surface area contributed by atoms with Crippen molar-refractivity contribution in [1.29, 1.82) is 5.26 Å². The van der Waals surface area contributed by atoms with E-state index in [4.69, 9.17) is 4.74 Å². The SMILES string of the molecule is CCCCCCC[C@H]1CC[C@@](C#N)(c2ccc(OCCCC)cc2)CC1. The number of nitriles is 1. The molecule has 1 aliphatic rings. The maximum atomic E-state index is 9.92. The quantitative estimate of drug-likeness (QED) is 0.394. The van der Waals surface area contributed by atoms with Gasteiger partial charge < -0.3 is 4.74 Å². The lowest BCUT2D eigenvalue weighted by molar-refractivity contribution is 0.261. The van der Waals surface area contributed by atoms with Crippen LogP contribution in [0.15, 0.2) is 24.3 Å². The molecule has 1 aliphatic carbocycles. The first kappa shape index (κ1) is 20.8. The predicted octanol–water partition coefficient (Wildman–Crippen LogP) is 7.18. The van der Waals surface area contributed by atoms with Crippen molar-refractivity contribution in [3.8, 4) is 11.8 Å². The van der Waals surface area contributed by atoms with Crippen LogP contribution in [-0.4, -0.2) is 6.61 Å². The van der Waals surface area contributed by atoms with Crippen molar-refractivity contribution in [1.82, 2.24) is 0 Å². The minimum absolute atomic E-state index is 0.277. The van der Waals surface area contributed by atoms with E-state index in [1.54, 1.807) is 0 Å². The molecule has 2 heteroatoms. The summed E-state index contributed by atoms with van der Waals surface area (Å²) >= 11 is 0. The van der Waals surface area contributed by atoms with Crippen LogP contribution in [0.3, 0.4) is 0 Å². The molecular weight excluding hydrogens is 318 g/mol. The number of rotatable bonds is 11. The second-order valence-electron chi connectivity index (χ2n) is 8.07. The maximum absolute atomic E-state index is 9.92. The third kappa shape index (κ3) is 6.04. The molecule has 0 unspecified atom stereocenters. The lowest BCUT2D eigenvalue weighted by Gasteiger charge is -2.35. The van der Waals surface area contributed by atoms with E-state index in [0.29, 0.717) is 0 Å². The van der Waals surface area contributed by atoms with Crippen molar-refractivity contribution in [3.63, 3.8) is 0 Å². The summed E-state index contributed by atoms with van der Waals surface area (Å²) in [5, 5.41) is 9.92. The van der Waals surface area contributed by atoms with E-state index in [1.165, 1.54) is 56.9 Å². The van der Waals surface area contributed by atoms with Crippen molar-refractivity contribution < 1.29 is 4.74 Å². The van der Waals surface area contributed by atoms with E-state index >= 15 is 0 Å². The monoisotopic (exact) mass is 355 g/mol. The van der Waals surface area contributed by atoms with Crippen LogP contribution in [0.25, 0.3) is 0 Å². The number of unbranched alkanes of at least 4 members (excludes halogenated alkanes) is 5. The van der Waals surface area contributed by atoms with Crippen molar-refractivity contribution in [2.24, 2.45) is 5.92 Å². The van der Waals surface area contributed by atoms with Gasteiger partial charge in [-0.05, 0) is 55.7 Å². The Balaban J connectivity index is 1.83. The summed E-state index contributed by atoms with van der Waals surface area (Å²) in [5.74, 6) is 1.76. The Kier molecular flexibility index (Phi) is 9.02. The first-order chi connectivity index (χ1) is 12.7. The molecular formula is C24H37NO. The van der Waals surface area contributed by atoms with Crippen LogP contribution < -0.4 is 4.74 Å². The van der Waals surface area contributed by atoms with Crippen molar-refractivity contribution in [2.75, 3.05) is 6.61 Å². The van der Waals surface area contributed by atoms with E-state index in [9.17, 15) is 5.26 Å². The van der Waals surface area contributed by atoms with Crippen LogP contribution in [0.1, 0.15) is 96.5 Å². The topological polar surface area (TPSA) is 33.0 Å². The van der Waals surface area contributed by atoms with Gasteiger partial charge in [-0.25, -0.2) is 0 Å². The minimum Gasteiger partial charge on any atom is -0.494 e. The highest BCUT2D eigenvalue weighted by atomic mass is 16.5. The molecule has 0 bridgehead atoms. The Morgan fingerprint density at radius 1 is 0.962 bits per heavy atom. The van der Waals surface area contributed by atoms with Crippen molar-refractivity contribution in [2.45, 2.75) is 96.3 Å². The molecule has 26 heavy (non-hydrogen) atoms. The highest BCUT2D eigenvalue weighted by Crippen LogP contribution is 2.43. The molecule has 2 nitrogen and oxygen atoms in total. The van der Waals surface area contributed by atoms with E-state index in [-0.39, 0.29) is 5.41 Å². The third-order valence-corrected chi connectivity index (χ3v) is 6.06. The third-order valence-electron chi connectivity index (χ3n) is 6.06. The summed E-state index contributed by atoms with van der Waals surface area (Å²) < 4.78 is 5.76. The van der Waals surface area contributed by atoms with E-state index in [1.807, 2.05) is 12.1 Å². The molecule has 144 valence electrons.